The number of rotatable bonds is 4. The standard InChI is InChI=1S/C14H15ClN2O/c1-10(16-2)11-3-8-14(17-9-11)18-13-6-4-12(15)5-7-13/h3-10,16H,1-2H3. The highest BCUT2D eigenvalue weighted by molar-refractivity contribution is 6.30. The lowest BCUT2D eigenvalue weighted by Gasteiger charge is -2.10. The maximum absolute atomic E-state index is 5.81. The minimum Gasteiger partial charge on any atom is -0.439 e. The van der Waals surface area contributed by atoms with Crippen LogP contribution in [0.25, 0.3) is 0 Å². The number of halogens is 1. The molecule has 2 aromatic rings. The highest BCUT2D eigenvalue weighted by Gasteiger charge is 2.04. The van der Waals surface area contributed by atoms with Crippen molar-refractivity contribution < 1.29 is 4.74 Å². The first-order chi connectivity index (χ1) is 8.69. The summed E-state index contributed by atoms with van der Waals surface area (Å²) in [7, 11) is 1.92. The van der Waals surface area contributed by atoms with Gasteiger partial charge in [-0.25, -0.2) is 4.98 Å². The first-order valence-corrected chi connectivity index (χ1v) is 6.13. The van der Waals surface area contributed by atoms with Crippen LogP contribution in [0.3, 0.4) is 0 Å². The van der Waals surface area contributed by atoms with E-state index in [1.54, 1.807) is 12.1 Å². The number of benzene rings is 1. The molecule has 1 unspecified atom stereocenters. The van der Waals surface area contributed by atoms with Gasteiger partial charge in [-0.1, -0.05) is 17.7 Å². The Hall–Kier alpha value is -1.58. The lowest BCUT2D eigenvalue weighted by atomic mass is 10.1. The van der Waals surface area contributed by atoms with Gasteiger partial charge in [-0.05, 0) is 43.8 Å². The minimum absolute atomic E-state index is 0.280. The van der Waals surface area contributed by atoms with Gasteiger partial charge < -0.3 is 10.1 Å². The van der Waals surface area contributed by atoms with Crippen LogP contribution >= 0.6 is 11.6 Å². The van der Waals surface area contributed by atoms with Gasteiger partial charge in [0.2, 0.25) is 5.88 Å². The fourth-order valence-electron chi connectivity index (χ4n) is 1.50. The zero-order valence-corrected chi connectivity index (χ0v) is 11.1. The quantitative estimate of drug-likeness (QED) is 0.910. The lowest BCUT2D eigenvalue weighted by molar-refractivity contribution is 0.462. The maximum Gasteiger partial charge on any atom is 0.219 e. The summed E-state index contributed by atoms with van der Waals surface area (Å²) in [4.78, 5) is 4.27. The third-order valence-electron chi connectivity index (χ3n) is 2.73. The average molecular weight is 263 g/mol. The van der Waals surface area contributed by atoms with Crippen LogP contribution in [0.15, 0.2) is 42.6 Å². The van der Waals surface area contributed by atoms with Crippen molar-refractivity contribution in [3.63, 3.8) is 0 Å². The Kier molecular flexibility index (Phi) is 4.18. The van der Waals surface area contributed by atoms with Crippen molar-refractivity contribution in [3.05, 3.63) is 53.2 Å². The van der Waals surface area contributed by atoms with Gasteiger partial charge in [-0.15, -0.1) is 0 Å². The predicted octanol–water partition coefficient (Wildman–Crippen LogP) is 3.81. The molecule has 1 aromatic carbocycles. The Morgan fingerprint density at radius 3 is 2.44 bits per heavy atom. The van der Waals surface area contributed by atoms with Crippen molar-refractivity contribution >= 4 is 11.6 Å². The van der Waals surface area contributed by atoms with Crippen LogP contribution in [0.2, 0.25) is 5.02 Å². The number of pyridine rings is 1. The molecular weight excluding hydrogens is 248 g/mol. The Morgan fingerprint density at radius 2 is 1.89 bits per heavy atom. The van der Waals surface area contributed by atoms with E-state index < -0.39 is 0 Å². The molecule has 0 spiro atoms. The van der Waals surface area contributed by atoms with E-state index in [0.29, 0.717) is 10.9 Å². The van der Waals surface area contributed by atoms with Crippen molar-refractivity contribution in [2.24, 2.45) is 0 Å². The van der Waals surface area contributed by atoms with Crippen LogP contribution in [-0.2, 0) is 0 Å². The van der Waals surface area contributed by atoms with Gasteiger partial charge >= 0.3 is 0 Å². The van der Waals surface area contributed by atoms with Crippen LogP contribution in [0.1, 0.15) is 18.5 Å². The molecule has 3 nitrogen and oxygen atoms in total. The molecule has 2 rings (SSSR count). The number of ether oxygens (including phenoxy) is 1. The SMILES string of the molecule is CNC(C)c1ccc(Oc2ccc(Cl)cc2)nc1. The second-order valence-corrected chi connectivity index (χ2v) is 4.43. The van der Waals surface area contributed by atoms with Crippen molar-refractivity contribution in [1.82, 2.24) is 10.3 Å². The number of hydrogen-bond acceptors (Lipinski definition) is 3. The molecule has 0 aliphatic rings. The largest absolute Gasteiger partial charge is 0.439 e. The smallest absolute Gasteiger partial charge is 0.219 e. The summed E-state index contributed by atoms with van der Waals surface area (Å²) in [6.07, 6.45) is 1.81. The zero-order valence-electron chi connectivity index (χ0n) is 10.4. The fraction of sp³-hybridized carbons (Fsp3) is 0.214. The van der Waals surface area contributed by atoms with Gasteiger partial charge in [-0.2, -0.15) is 0 Å². The Balaban J connectivity index is 2.08. The molecule has 0 radical (unpaired) electrons. The van der Waals surface area contributed by atoms with Gasteiger partial charge in [0.1, 0.15) is 5.75 Å². The molecule has 1 aromatic heterocycles. The summed E-state index contributed by atoms with van der Waals surface area (Å²) in [6, 6.07) is 11.3. The molecule has 0 fully saturated rings. The van der Waals surface area contributed by atoms with Crippen LogP contribution in [0.4, 0.5) is 0 Å². The van der Waals surface area contributed by atoms with E-state index in [1.165, 1.54) is 0 Å². The van der Waals surface area contributed by atoms with Crippen LogP contribution in [-0.4, -0.2) is 12.0 Å². The highest BCUT2D eigenvalue weighted by atomic mass is 35.5. The van der Waals surface area contributed by atoms with Crippen molar-refractivity contribution in [2.45, 2.75) is 13.0 Å². The first kappa shape index (κ1) is 12.9. The Labute approximate surface area is 112 Å². The predicted molar refractivity (Wildman–Crippen MR) is 73.2 cm³/mol. The minimum atomic E-state index is 0.280. The van der Waals surface area contributed by atoms with E-state index >= 15 is 0 Å². The third-order valence-corrected chi connectivity index (χ3v) is 2.98. The van der Waals surface area contributed by atoms with E-state index in [-0.39, 0.29) is 6.04 Å². The molecule has 0 saturated heterocycles. The first-order valence-electron chi connectivity index (χ1n) is 5.75. The zero-order chi connectivity index (χ0) is 13.0. The molecule has 4 heteroatoms. The lowest BCUT2D eigenvalue weighted by Crippen LogP contribution is -2.12. The van der Waals surface area contributed by atoms with Gasteiger partial charge in [0, 0.05) is 23.3 Å². The van der Waals surface area contributed by atoms with Gasteiger partial charge in [0.15, 0.2) is 0 Å². The van der Waals surface area contributed by atoms with E-state index in [0.717, 1.165) is 11.3 Å². The molecule has 18 heavy (non-hydrogen) atoms. The summed E-state index contributed by atoms with van der Waals surface area (Å²) in [6.45, 7) is 2.08. The molecule has 0 aliphatic carbocycles. The number of aromatic nitrogens is 1. The molecule has 0 aliphatic heterocycles. The van der Waals surface area contributed by atoms with Crippen molar-refractivity contribution in [3.8, 4) is 11.6 Å². The number of nitrogens with zero attached hydrogens (tertiary/aromatic N) is 1. The highest BCUT2D eigenvalue weighted by Crippen LogP contribution is 2.22. The Morgan fingerprint density at radius 1 is 1.17 bits per heavy atom. The second kappa shape index (κ2) is 5.85. The summed E-state index contributed by atoms with van der Waals surface area (Å²) in [5, 5.41) is 3.85. The third kappa shape index (κ3) is 3.22. The summed E-state index contributed by atoms with van der Waals surface area (Å²) in [5.41, 5.74) is 1.13. The molecule has 0 bridgehead atoms. The second-order valence-electron chi connectivity index (χ2n) is 4.00. The fourth-order valence-corrected chi connectivity index (χ4v) is 1.62. The summed E-state index contributed by atoms with van der Waals surface area (Å²) >= 11 is 5.81. The van der Waals surface area contributed by atoms with E-state index in [4.69, 9.17) is 16.3 Å². The van der Waals surface area contributed by atoms with E-state index in [2.05, 4.69) is 17.2 Å². The van der Waals surface area contributed by atoms with Crippen molar-refractivity contribution in [2.75, 3.05) is 7.05 Å². The van der Waals surface area contributed by atoms with Gasteiger partial charge in [0.25, 0.3) is 0 Å². The molecule has 94 valence electrons. The van der Waals surface area contributed by atoms with Crippen LogP contribution in [0.5, 0.6) is 11.6 Å². The van der Waals surface area contributed by atoms with Crippen LogP contribution < -0.4 is 10.1 Å². The van der Waals surface area contributed by atoms with Crippen LogP contribution in [0, 0.1) is 0 Å². The average Bonchev–Trinajstić information content (AvgIpc) is 2.41. The van der Waals surface area contributed by atoms with Gasteiger partial charge in [0.05, 0.1) is 0 Å². The van der Waals surface area contributed by atoms with E-state index in [1.807, 2.05) is 37.5 Å². The molecule has 0 amide bonds. The monoisotopic (exact) mass is 262 g/mol. The molecule has 1 heterocycles. The molecule has 1 atom stereocenters. The maximum atomic E-state index is 5.81. The Bertz CT molecular complexity index is 496. The number of hydrogen-bond donors (Lipinski definition) is 1. The normalized spacial score (nSPS) is 12.2. The molecule has 0 saturated carbocycles. The van der Waals surface area contributed by atoms with Crippen molar-refractivity contribution in [1.29, 1.82) is 0 Å². The summed E-state index contributed by atoms with van der Waals surface area (Å²) < 4.78 is 5.61. The number of nitrogens with one attached hydrogen (secondary N) is 1. The molecular formula is C14H15ClN2O. The topological polar surface area (TPSA) is 34.1 Å². The molecule has 1 N–H and O–H groups in total. The summed E-state index contributed by atoms with van der Waals surface area (Å²) in [5.74, 6) is 1.30. The van der Waals surface area contributed by atoms with E-state index in [9.17, 15) is 0 Å². The van der Waals surface area contributed by atoms with Gasteiger partial charge in [-0.3, -0.25) is 0 Å².